The van der Waals surface area contributed by atoms with Crippen molar-refractivity contribution in [1.82, 2.24) is 4.90 Å². The van der Waals surface area contributed by atoms with Crippen molar-refractivity contribution in [2.24, 2.45) is 5.92 Å². The van der Waals surface area contributed by atoms with Gasteiger partial charge in [-0.1, -0.05) is 6.92 Å². The average molecular weight is 330 g/mol. The molecule has 0 amide bonds. The minimum absolute atomic E-state index is 0.236. The van der Waals surface area contributed by atoms with E-state index < -0.39 is 0 Å². The molecule has 1 aromatic rings. The Morgan fingerprint density at radius 3 is 2.25 bits per heavy atom. The number of carbonyl (C=O) groups excluding carboxylic acids is 1. The number of esters is 1. The van der Waals surface area contributed by atoms with Gasteiger partial charge in [0.2, 0.25) is 0 Å². The minimum atomic E-state index is -0.236. The molecule has 1 saturated carbocycles. The number of anilines is 1. The summed E-state index contributed by atoms with van der Waals surface area (Å²) in [5, 5.41) is 0. The van der Waals surface area contributed by atoms with E-state index in [0.717, 1.165) is 38.1 Å². The number of ether oxygens (including phenoxy) is 1. The summed E-state index contributed by atoms with van der Waals surface area (Å²) in [6, 6.07) is 8.65. The predicted molar refractivity (Wildman–Crippen MR) is 97.6 cm³/mol. The van der Waals surface area contributed by atoms with Gasteiger partial charge in [-0.3, -0.25) is 4.90 Å². The molecule has 1 aliphatic carbocycles. The second-order valence-corrected chi connectivity index (χ2v) is 7.20. The van der Waals surface area contributed by atoms with Crippen LogP contribution in [-0.2, 0) is 4.74 Å². The Morgan fingerprint density at radius 2 is 1.67 bits per heavy atom. The summed E-state index contributed by atoms with van der Waals surface area (Å²) < 4.78 is 5.04. The molecule has 2 fully saturated rings. The van der Waals surface area contributed by atoms with E-state index in [0.29, 0.717) is 12.2 Å². The van der Waals surface area contributed by atoms with E-state index in [1.54, 1.807) is 0 Å². The molecule has 2 aliphatic rings. The first-order valence-corrected chi connectivity index (χ1v) is 9.43. The van der Waals surface area contributed by atoms with E-state index in [4.69, 9.17) is 4.74 Å². The lowest BCUT2D eigenvalue weighted by molar-refractivity contribution is 0.0526. The summed E-state index contributed by atoms with van der Waals surface area (Å²) in [6.07, 6.45) is 5.52. The van der Waals surface area contributed by atoms with Gasteiger partial charge in [-0.15, -0.1) is 0 Å². The van der Waals surface area contributed by atoms with Gasteiger partial charge < -0.3 is 9.64 Å². The van der Waals surface area contributed by atoms with Crippen LogP contribution in [0.2, 0.25) is 0 Å². The second-order valence-electron chi connectivity index (χ2n) is 7.20. The molecule has 4 nitrogen and oxygen atoms in total. The number of piperazine rings is 1. The molecule has 24 heavy (non-hydrogen) atoms. The molecule has 0 aromatic heterocycles. The maximum absolute atomic E-state index is 11.7. The van der Waals surface area contributed by atoms with Crippen molar-refractivity contribution in [2.75, 3.05) is 37.7 Å². The molecule has 1 heterocycles. The third kappa shape index (κ3) is 4.10. The molecule has 3 rings (SSSR count). The van der Waals surface area contributed by atoms with Crippen molar-refractivity contribution in [1.29, 1.82) is 0 Å². The summed E-state index contributed by atoms with van der Waals surface area (Å²) in [4.78, 5) is 16.8. The first-order valence-electron chi connectivity index (χ1n) is 9.43. The number of rotatable bonds is 4. The van der Waals surface area contributed by atoms with Gasteiger partial charge in [-0.05, 0) is 62.8 Å². The summed E-state index contributed by atoms with van der Waals surface area (Å²) in [7, 11) is 0. The van der Waals surface area contributed by atoms with E-state index in [1.165, 1.54) is 31.4 Å². The quantitative estimate of drug-likeness (QED) is 0.790. The van der Waals surface area contributed by atoms with Gasteiger partial charge in [-0.2, -0.15) is 0 Å². The average Bonchev–Trinajstić information content (AvgIpc) is 2.63. The van der Waals surface area contributed by atoms with Crippen molar-refractivity contribution in [3.63, 3.8) is 0 Å². The van der Waals surface area contributed by atoms with E-state index in [1.807, 2.05) is 31.2 Å². The van der Waals surface area contributed by atoms with Gasteiger partial charge in [0, 0.05) is 37.9 Å². The minimum Gasteiger partial charge on any atom is -0.462 e. The highest BCUT2D eigenvalue weighted by Gasteiger charge is 2.27. The number of hydrogen-bond acceptors (Lipinski definition) is 4. The van der Waals surface area contributed by atoms with Crippen LogP contribution in [0.1, 0.15) is 49.9 Å². The molecule has 1 saturated heterocycles. The Bertz CT molecular complexity index is 527. The highest BCUT2D eigenvalue weighted by molar-refractivity contribution is 5.89. The Hall–Kier alpha value is -1.55. The largest absolute Gasteiger partial charge is 0.462 e. The zero-order valence-corrected chi connectivity index (χ0v) is 15.0. The normalized spacial score (nSPS) is 25.5. The number of benzene rings is 1. The van der Waals surface area contributed by atoms with Crippen molar-refractivity contribution < 1.29 is 9.53 Å². The summed E-state index contributed by atoms with van der Waals surface area (Å²) in [5.41, 5.74) is 1.84. The van der Waals surface area contributed by atoms with Crippen LogP contribution >= 0.6 is 0 Å². The van der Waals surface area contributed by atoms with Crippen LogP contribution in [0.3, 0.4) is 0 Å². The van der Waals surface area contributed by atoms with Crippen LogP contribution < -0.4 is 4.90 Å². The lowest BCUT2D eigenvalue weighted by Gasteiger charge is -2.42. The zero-order chi connectivity index (χ0) is 16.9. The summed E-state index contributed by atoms with van der Waals surface area (Å²) in [5.74, 6) is 0.681. The van der Waals surface area contributed by atoms with E-state index in [-0.39, 0.29) is 5.97 Å². The standard InChI is InChI=1S/C20H30N2O2/c1-3-24-20(23)17-6-10-19(11-7-17)22-14-12-21(13-15-22)18-8-4-16(2)5-9-18/h6-7,10-11,16,18H,3-5,8-9,12-15H2,1-2H3/t16-,18+. The van der Waals surface area contributed by atoms with Gasteiger partial charge >= 0.3 is 5.97 Å². The Kier molecular flexibility index (Phi) is 5.77. The molecule has 1 aromatic carbocycles. The van der Waals surface area contributed by atoms with E-state index in [2.05, 4.69) is 16.7 Å². The number of carbonyl (C=O) groups is 1. The highest BCUT2D eigenvalue weighted by Crippen LogP contribution is 2.28. The van der Waals surface area contributed by atoms with E-state index >= 15 is 0 Å². The van der Waals surface area contributed by atoms with Crippen molar-refractivity contribution in [2.45, 2.75) is 45.6 Å². The molecule has 0 spiro atoms. The third-order valence-electron chi connectivity index (χ3n) is 5.56. The SMILES string of the molecule is CCOC(=O)c1ccc(N2CCN([C@H]3CC[C@@H](C)CC3)CC2)cc1. The smallest absolute Gasteiger partial charge is 0.338 e. The molecular weight excluding hydrogens is 300 g/mol. The molecular formula is C20H30N2O2. The first kappa shape index (κ1) is 17.3. The monoisotopic (exact) mass is 330 g/mol. The van der Waals surface area contributed by atoms with Gasteiger partial charge in [0.1, 0.15) is 0 Å². The predicted octanol–water partition coefficient (Wildman–Crippen LogP) is 3.56. The Morgan fingerprint density at radius 1 is 1.04 bits per heavy atom. The number of nitrogens with zero attached hydrogens (tertiary/aromatic N) is 2. The maximum Gasteiger partial charge on any atom is 0.338 e. The fraction of sp³-hybridized carbons (Fsp3) is 0.650. The van der Waals surface area contributed by atoms with Gasteiger partial charge in [0.15, 0.2) is 0 Å². The number of hydrogen-bond donors (Lipinski definition) is 0. The van der Waals surface area contributed by atoms with Crippen LogP contribution in [0.5, 0.6) is 0 Å². The van der Waals surface area contributed by atoms with Crippen LogP contribution in [0.4, 0.5) is 5.69 Å². The zero-order valence-electron chi connectivity index (χ0n) is 15.0. The van der Waals surface area contributed by atoms with Crippen LogP contribution in [0.25, 0.3) is 0 Å². The van der Waals surface area contributed by atoms with Crippen molar-refractivity contribution in [3.8, 4) is 0 Å². The second kappa shape index (κ2) is 8.02. The topological polar surface area (TPSA) is 32.8 Å². The molecule has 0 unspecified atom stereocenters. The fourth-order valence-electron chi connectivity index (χ4n) is 3.98. The fourth-order valence-corrected chi connectivity index (χ4v) is 3.98. The Labute approximate surface area is 145 Å². The lowest BCUT2D eigenvalue weighted by atomic mass is 9.86. The van der Waals surface area contributed by atoms with Crippen LogP contribution in [0.15, 0.2) is 24.3 Å². The molecule has 132 valence electrons. The van der Waals surface area contributed by atoms with Crippen molar-refractivity contribution in [3.05, 3.63) is 29.8 Å². The van der Waals surface area contributed by atoms with Gasteiger partial charge in [0.05, 0.1) is 12.2 Å². The van der Waals surface area contributed by atoms with Gasteiger partial charge in [-0.25, -0.2) is 4.79 Å². The molecule has 0 bridgehead atoms. The lowest BCUT2D eigenvalue weighted by Crippen LogP contribution is -2.51. The maximum atomic E-state index is 11.7. The molecule has 0 atom stereocenters. The van der Waals surface area contributed by atoms with Crippen LogP contribution in [0, 0.1) is 5.92 Å². The van der Waals surface area contributed by atoms with Gasteiger partial charge in [0.25, 0.3) is 0 Å². The van der Waals surface area contributed by atoms with Crippen molar-refractivity contribution >= 4 is 11.7 Å². The van der Waals surface area contributed by atoms with E-state index in [9.17, 15) is 4.79 Å². The summed E-state index contributed by atoms with van der Waals surface area (Å²) >= 11 is 0. The molecule has 4 heteroatoms. The third-order valence-corrected chi connectivity index (χ3v) is 5.56. The molecule has 0 N–H and O–H groups in total. The summed E-state index contributed by atoms with van der Waals surface area (Å²) in [6.45, 7) is 9.09. The highest BCUT2D eigenvalue weighted by atomic mass is 16.5. The molecule has 0 radical (unpaired) electrons. The molecule has 1 aliphatic heterocycles. The Balaban J connectivity index is 1.52. The first-order chi connectivity index (χ1) is 11.7. The van der Waals surface area contributed by atoms with Crippen LogP contribution in [-0.4, -0.2) is 49.7 Å².